The van der Waals surface area contributed by atoms with Crippen LogP contribution < -0.4 is 5.73 Å². The maximum absolute atomic E-state index is 5.49. The summed E-state index contributed by atoms with van der Waals surface area (Å²) in [7, 11) is 0. The number of nitrogen functional groups attached to an aromatic ring is 1. The van der Waals surface area contributed by atoms with E-state index in [2.05, 4.69) is 33.2 Å². The molecule has 3 aromatic rings. The van der Waals surface area contributed by atoms with E-state index in [1.165, 1.54) is 17.3 Å². The lowest BCUT2D eigenvalue weighted by Crippen LogP contribution is -1.92. The number of hydrogen-bond acceptors (Lipinski definition) is 5. The van der Waals surface area contributed by atoms with E-state index in [0.29, 0.717) is 5.82 Å². The van der Waals surface area contributed by atoms with Crippen LogP contribution in [-0.2, 0) is 0 Å². The maximum Gasteiger partial charge on any atom is 0.172 e. The number of anilines is 1. The van der Waals surface area contributed by atoms with Crippen LogP contribution in [0.2, 0.25) is 0 Å². The average molecular weight is 257 g/mol. The number of aromatic nitrogens is 4. The molecular weight excluding hydrogens is 246 g/mol. The van der Waals surface area contributed by atoms with Crippen molar-refractivity contribution >= 4 is 28.6 Å². The lowest BCUT2D eigenvalue weighted by molar-refractivity contribution is 0.932. The fourth-order valence-electron chi connectivity index (χ4n) is 1.63. The molecule has 1 aromatic carbocycles. The van der Waals surface area contributed by atoms with Gasteiger partial charge in [-0.2, -0.15) is 0 Å². The Labute approximate surface area is 108 Å². The molecule has 2 aromatic heterocycles. The van der Waals surface area contributed by atoms with Crippen molar-refractivity contribution in [2.24, 2.45) is 0 Å². The van der Waals surface area contributed by atoms with Crippen molar-refractivity contribution < 1.29 is 0 Å². The fourth-order valence-corrected chi connectivity index (χ4v) is 2.35. The number of nitrogens with two attached hydrogens (primary N) is 1. The molecule has 0 aliphatic carbocycles. The zero-order valence-electron chi connectivity index (χ0n) is 9.71. The third kappa shape index (κ3) is 2.14. The Bertz CT molecular complexity index is 689. The summed E-state index contributed by atoms with van der Waals surface area (Å²) in [6, 6.07) is 9.66. The summed E-state index contributed by atoms with van der Waals surface area (Å²) < 4.78 is 0. The second-order valence-corrected chi connectivity index (χ2v) is 4.97. The summed E-state index contributed by atoms with van der Waals surface area (Å²) in [4.78, 5) is 7.73. The SMILES string of the molecule is Cc1ccc2nc(Sc3ccc(N)nn3)[nH]c2c1. The molecule has 0 atom stereocenters. The quantitative estimate of drug-likeness (QED) is 0.736. The number of nitrogens with zero attached hydrogens (tertiary/aromatic N) is 3. The molecule has 3 N–H and O–H groups in total. The molecule has 90 valence electrons. The first-order valence-electron chi connectivity index (χ1n) is 5.44. The van der Waals surface area contributed by atoms with E-state index in [1.807, 2.05) is 18.2 Å². The van der Waals surface area contributed by atoms with Gasteiger partial charge in [-0.15, -0.1) is 10.2 Å². The monoisotopic (exact) mass is 257 g/mol. The van der Waals surface area contributed by atoms with Crippen molar-refractivity contribution in [2.75, 3.05) is 5.73 Å². The summed E-state index contributed by atoms with van der Waals surface area (Å²) in [6.07, 6.45) is 0. The molecule has 0 saturated heterocycles. The van der Waals surface area contributed by atoms with Crippen molar-refractivity contribution in [3.63, 3.8) is 0 Å². The van der Waals surface area contributed by atoms with E-state index in [4.69, 9.17) is 5.73 Å². The third-order valence-corrected chi connectivity index (χ3v) is 3.29. The standard InChI is InChI=1S/C12H11N5S/c1-7-2-3-8-9(6-7)15-12(14-8)18-11-5-4-10(13)16-17-11/h2-6H,1H3,(H2,13,16)(H,14,15). The Balaban J connectivity index is 1.92. The first-order valence-corrected chi connectivity index (χ1v) is 6.26. The van der Waals surface area contributed by atoms with Gasteiger partial charge in [0.1, 0.15) is 10.8 Å². The van der Waals surface area contributed by atoms with Crippen molar-refractivity contribution in [2.45, 2.75) is 17.1 Å². The van der Waals surface area contributed by atoms with Gasteiger partial charge in [-0.05, 0) is 48.5 Å². The lowest BCUT2D eigenvalue weighted by atomic mass is 10.2. The zero-order chi connectivity index (χ0) is 12.5. The molecule has 0 aliphatic rings. The topological polar surface area (TPSA) is 80.5 Å². The molecule has 0 unspecified atom stereocenters. The van der Waals surface area contributed by atoms with E-state index in [9.17, 15) is 0 Å². The van der Waals surface area contributed by atoms with Crippen LogP contribution in [0, 0.1) is 6.92 Å². The Kier molecular flexibility index (Phi) is 2.64. The minimum atomic E-state index is 0.416. The highest BCUT2D eigenvalue weighted by Crippen LogP contribution is 2.25. The van der Waals surface area contributed by atoms with E-state index >= 15 is 0 Å². The molecule has 0 aliphatic heterocycles. The second kappa shape index (κ2) is 4.30. The molecular formula is C12H11N5S. The highest BCUT2D eigenvalue weighted by molar-refractivity contribution is 7.99. The van der Waals surface area contributed by atoms with Crippen LogP contribution in [-0.4, -0.2) is 20.2 Å². The van der Waals surface area contributed by atoms with Gasteiger partial charge in [0.05, 0.1) is 11.0 Å². The van der Waals surface area contributed by atoms with Crippen LogP contribution in [0.25, 0.3) is 11.0 Å². The van der Waals surface area contributed by atoms with E-state index in [1.54, 1.807) is 6.07 Å². The lowest BCUT2D eigenvalue weighted by Gasteiger charge is -1.95. The number of fused-ring (bicyclic) bond motifs is 1. The average Bonchev–Trinajstić information content (AvgIpc) is 2.73. The Morgan fingerprint density at radius 1 is 1.17 bits per heavy atom. The Hall–Kier alpha value is -2.08. The normalized spacial score (nSPS) is 10.9. The van der Waals surface area contributed by atoms with Crippen molar-refractivity contribution in [1.82, 2.24) is 20.2 Å². The minimum absolute atomic E-state index is 0.416. The number of rotatable bonds is 2. The molecule has 0 fully saturated rings. The smallest absolute Gasteiger partial charge is 0.172 e. The molecule has 0 bridgehead atoms. The van der Waals surface area contributed by atoms with Crippen molar-refractivity contribution in [3.8, 4) is 0 Å². The van der Waals surface area contributed by atoms with Crippen molar-refractivity contribution in [3.05, 3.63) is 35.9 Å². The molecule has 2 heterocycles. The summed E-state index contributed by atoms with van der Waals surface area (Å²) in [5, 5.41) is 9.36. The van der Waals surface area contributed by atoms with E-state index in [0.717, 1.165) is 21.2 Å². The predicted octanol–water partition coefficient (Wildman–Crippen LogP) is 2.39. The van der Waals surface area contributed by atoms with Crippen LogP contribution in [0.3, 0.4) is 0 Å². The number of nitrogens with one attached hydrogen (secondary N) is 1. The summed E-state index contributed by atoms with van der Waals surface area (Å²) in [6.45, 7) is 2.05. The van der Waals surface area contributed by atoms with Gasteiger partial charge in [0, 0.05) is 0 Å². The first kappa shape index (κ1) is 11.0. The summed E-state index contributed by atoms with van der Waals surface area (Å²) in [5.41, 5.74) is 8.67. The molecule has 5 nitrogen and oxygen atoms in total. The van der Waals surface area contributed by atoms with Crippen molar-refractivity contribution in [1.29, 1.82) is 0 Å². The second-order valence-electron chi connectivity index (χ2n) is 3.96. The molecule has 0 amide bonds. The van der Waals surface area contributed by atoms with Gasteiger partial charge in [-0.3, -0.25) is 0 Å². The first-order chi connectivity index (χ1) is 8.70. The third-order valence-electron chi connectivity index (χ3n) is 2.48. The van der Waals surface area contributed by atoms with E-state index in [-0.39, 0.29) is 0 Å². The highest BCUT2D eigenvalue weighted by atomic mass is 32.2. The van der Waals surface area contributed by atoms with Crippen LogP contribution in [0.15, 0.2) is 40.5 Å². The molecule has 0 spiro atoms. The fraction of sp³-hybridized carbons (Fsp3) is 0.0833. The van der Waals surface area contributed by atoms with Gasteiger partial charge in [-0.25, -0.2) is 4.98 Å². The molecule has 18 heavy (non-hydrogen) atoms. The van der Waals surface area contributed by atoms with Crippen LogP contribution in [0.5, 0.6) is 0 Å². The largest absolute Gasteiger partial charge is 0.382 e. The predicted molar refractivity (Wildman–Crippen MR) is 71.4 cm³/mol. The Morgan fingerprint density at radius 3 is 2.83 bits per heavy atom. The van der Waals surface area contributed by atoms with Gasteiger partial charge in [0.2, 0.25) is 0 Å². The maximum atomic E-state index is 5.49. The number of aromatic amines is 1. The molecule has 0 saturated carbocycles. The minimum Gasteiger partial charge on any atom is -0.382 e. The summed E-state index contributed by atoms with van der Waals surface area (Å²) in [5.74, 6) is 0.416. The van der Waals surface area contributed by atoms with Crippen LogP contribution >= 0.6 is 11.8 Å². The van der Waals surface area contributed by atoms with Gasteiger partial charge < -0.3 is 10.7 Å². The Morgan fingerprint density at radius 2 is 2.06 bits per heavy atom. The van der Waals surface area contributed by atoms with Gasteiger partial charge in [0.25, 0.3) is 0 Å². The van der Waals surface area contributed by atoms with Crippen LogP contribution in [0.1, 0.15) is 5.56 Å². The number of benzene rings is 1. The van der Waals surface area contributed by atoms with Crippen LogP contribution in [0.4, 0.5) is 5.82 Å². The number of imidazole rings is 1. The summed E-state index contributed by atoms with van der Waals surface area (Å²) >= 11 is 1.43. The van der Waals surface area contributed by atoms with Gasteiger partial charge in [-0.1, -0.05) is 6.07 Å². The number of aryl methyl sites for hydroxylation is 1. The highest BCUT2D eigenvalue weighted by Gasteiger charge is 2.06. The van der Waals surface area contributed by atoms with Gasteiger partial charge >= 0.3 is 0 Å². The zero-order valence-corrected chi connectivity index (χ0v) is 10.5. The molecule has 3 rings (SSSR count). The van der Waals surface area contributed by atoms with Gasteiger partial charge in [0.15, 0.2) is 5.16 Å². The number of hydrogen-bond donors (Lipinski definition) is 2. The van der Waals surface area contributed by atoms with E-state index < -0.39 is 0 Å². The number of H-pyrrole nitrogens is 1. The molecule has 6 heteroatoms. The molecule has 0 radical (unpaired) electrons.